The van der Waals surface area contributed by atoms with E-state index in [1.54, 1.807) is 48.5 Å². The Morgan fingerprint density at radius 2 is 1.78 bits per heavy atom. The highest BCUT2D eigenvalue weighted by molar-refractivity contribution is 7.16. The van der Waals surface area contributed by atoms with Crippen LogP contribution in [0.3, 0.4) is 0 Å². The van der Waals surface area contributed by atoms with Gasteiger partial charge in [0.2, 0.25) is 0 Å². The van der Waals surface area contributed by atoms with Gasteiger partial charge in [-0.3, -0.25) is 4.79 Å². The smallest absolute Gasteiger partial charge is 0.266 e. The molecule has 0 atom stereocenters. The number of carbonyl (C=O) groups is 1. The van der Waals surface area contributed by atoms with E-state index in [2.05, 4.69) is 5.32 Å². The number of nitrogens with one attached hydrogen (secondary N) is 1. The second-order valence-electron chi connectivity index (χ2n) is 5.40. The molecule has 3 aromatic rings. The largest absolute Gasteiger partial charge is 0.319 e. The molecule has 0 spiro atoms. The fourth-order valence-electron chi connectivity index (χ4n) is 2.33. The van der Waals surface area contributed by atoms with Gasteiger partial charge in [0.05, 0.1) is 15.7 Å². The molecular weight excluding hydrogens is 406 g/mol. The lowest BCUT2D eigenvalue weighted by Crippen LogP contribution is -2.14. The van der Waals surface area contributed by atoms with E-state index in [9.17, 15) is 14.4 Å². The van der Waals surface area contributed by atoms with Crippen LogP contribution in [0, 0.1) is 17.1 Å². The molecule has 0 bridgehead atoms. The fraction of sp³-hybridized carbons (Fsp3) is 0. The van der Waals surface area contributed by atoms with E-state index in [1.165, 1.54) is 23.5 Å². The zero-order valence-corrected chi connectivity index (χ0v) is 16.0. The van der Waals surface area contributed by atoms with Gasteiger partial charge in [-0.25, -0.2) is 4.39 Å². The molecule has 0 radical (unpaired) electrons. The number of carbonyl (C=O) groups excluding carboxylic acids is 1. The summed E-state index contributed by atoms with van der Waals surface area (Å²) in [6.07, 6.45) is 1.44. The minimum atomic E-state index is -0.631. The molecule has 1 amide bonds. The van der Waals surface area contributed by atoms with Crippen molar-refractivity contribution in [3.8, 4) is 16.5 Å². The maximum Gasteiger partial charge on any atom is 0.266 e. The molecule has 7 heteroatoms. The normalized spacial score (nSPS) is 11.1. The molecule has 0 aliphatic carbocycles. The van der Waals surface area contributed by atoms with Crippen LogP contribution in [0.25, 0.3) is 16.5 Å². The molecule has 134 valence electrons. The quantitative estimate of drug-likeness (QED) is 0.394. The van der Waals surface area contributed by atoms with Gasteiger partial charge in [0.25, 0.3) is 5.91 Å². The fourth-order valence-corrected chi connectivity index (χ4v) is 3.80. The van der Waals surface area contributed by atoms with Gasteiger partial charge in [-0.2, -0.15) is 5.26 Å². The number of thiophene rings is 1. The lowest BCUT2D eigenvalue weighted by molar-refractivity contribution is -0.112. The van der Waals surface area contributed by atoms with Crippen LogP contribution in [0.1, 0.15) is 4.88 Å². The van der Waals surface area contributed by atoms with Gasteiger partial charge in [0.15, 0.2) is 0 Å². The third-order valence-electron chi connectivity index (χ3n) is 3.62. The molecule has 0 aliphatic heterocycles. The van der Waals surface area contributed by atoms with Crippen molar-refractivity contribution in [3.05, 3.63) is 80.9 Å². The van der Waals surface area contributed by atoms with Gasteiger partial charge in [0, 0.05) is 15.3 Å². The number of nitrogens with zero attached hydrogens (tertiary/aromatic N) is 1. The number of rotatable bonds is 4. The van der Waals surface area contributed by atoms with Gasteiger partial charge < -0.3 is 5.32 Å². The van der Waals surface area contributed by atoms with Crippen LogP contribution in [0.2, 0.25) is 10.0 Å². The molecule has 1 aromatic heterocycles. The van der Waals surface area contributed by atoms with Crippen molar-refractivity contribution in [2.75, 3.05) is 5.32 Å². The van der Waals surface area contributed by atoms with Crippen LogP contribution in [0.5, 0.6) is 0 Å². The first-order valence-electron chi connectivity index (χ1n) is 7.71. The number of anilines is 1. The van der Waals surface area contributed by atoms with Crippen LogP contribution in [-0.4, -0.2) is 5.91 Å². The zero-order valence-electron chi connectivity index (χ0n) is 13.7. The first kappa shape index (κ1) is 19.1. The molecule has 0 saturated heterocycles. The van der Waals surface area contributed by atoms with Gasteiger partial charge in [-0.1, -0.05) is 47.5 Å². The van der Waals surface area contributed by atoms with E-state index < -0.39 is 5.91 Å². The minimum absolute atomic E-state index is 0.118. The van der Waals surface area contributed by atoms with E-state index in [0.29, 0.717) is 15.3 Å². The minimum Gasteiger partial charge on any atom is -0.319 e. The number of para-hydroxylation sites is 1. The summed E-state index contributed by atoms with van der Waals surface area (Å²) < 4.78 is 13.9. The van der Waals surface area contributed by atoms with Crippen LogP contribution < -0.4 is 5.32 Å². The van der Waals surface area contributed by atoms with Crippen molar-refractivity contribution in [3.63, 3.8) is 0 Å². The topological polar surface area (TPSA) is 52.9 Å². The summed E-state index contributed by atoms with van der Waals surface area (Å²) in [6, 6.07) is 16.6. The number of benzene rings is 2. The molecule has 0 fully saturated rings. The van der Waals surface area contributed by atoms with E-state index in [4.69, 9.17) is 23.2 Å². The molecule has 3 nitrogen and oxygen atoms in total. The summed E-state index contributed by atoms with van der Waals surface area (Å²) in [6.45, 7) is 0. The lowest BCUT2D eigenvalue weighted by atomic mass is 10.2. The maximum absolute atomic E-state index is 13.9. The maximum atomic E-state index is 13.9. The van der Waals surface area contributed by atoms with Crippen molar-refractivity contribution >= 4 is 52.2 Å². The predicted octanol–water partition coefficient (Wildman–Crippen LogP) is 6.41. The van der Waals surface area contributed by atoms with Crippen molar-refractivity contribution in [2.45, 2.75) is 0 Å². The summed E-state index contributed by atoms with van der Waals surface area (Å²) in [4.78, 5) is 13.8. The average Bonchev–Trinajstić information content (AvgIpc) is 3.11. The second-order valence-corrected chi connectivity index (χ2v) is 7.33. The Morgan fingerprint density at radius 1 is 1.07 bits per heavy atom. The molecule has 3 rings (SSSR count). The SMILES string of the molecule is N#C/C(=C\c1ccc(-c2ccccc2F)s1)C(=O)Nc1c(Cl)cccc1Cl. The first-order valence-corrected chi connectivity index (χ1v) is 9.28. The Kier molecular flexibility index (Phi) is 5.92. The van der Waals surface area contributed by atoms with Crippen molar-refractivity contribution in [1.29, 1.82) is 5.26 Å². The molecule has 2 aromatic carbocycles. The third kappa shape index (κ3) is 4.37. The first-order chi connectivity index (χ1) is 13.0. The van der Waals surface area contributed by atoms with E-state index in [1.807, 2.05) is 6.07 Å². The number of halogens is 3. The molecule has 1 N–H and O–H groups in total. The molecule has 0 saturated carbocycles. The van der Waals surface area contributed by atoms with Crippen LogP contribution in [-0.2, 0) is 4.79 Å². The molecule has 1 heterocycles. The van der Waals surface area contributed by atoms with E-state index >= 15 is 0 Å². The van der Waals surface area contributed by atoms with Crippen molar-refractivity contribution in [2.24, 2.45) is 0 Å². The lowest BCUT2D eigenvalue weighted by Gasteiger charge is -2.08. The van der Waals surface area contributed by atoms with Crippen LogP contribution >= 0.6 is 34.5 Å². The summed E-state index contributed by atoms with van der Waals surface area (Å²) in [5.41, 5.74) is 0.589. The Hall–Kier alpha value is -2.65. The summed E-state index contributed by atoms with van der Waals surface area (Å²) in [5.74, 6) is -0.963. The van der Waals surface area contributed by atoms with Gasteiger partial charge in [-0.05, 0) is 36.4 Å². The average molecular weight is 417 g/mol. The van der Waals surface area contributed by atoms with Crippen LogP contribution in [0.15, 0.2) is 60.2 Å². The van der Waals surface area contributed by atoms with Gasteiger partial charge in [-0.15, -0.1) is 11.3 Å². The highest BCUT2D eigenvalue weighted by Gasteiger charge is 2.15. The Labute approximate surface area is 169 Å². The van der Waals surface area contributed by atoms with Gasteiger partial charge in [0.1, 0.15) is 17.5 Å². The molecular formula is C20H11Cl2FN2OS. The molecule has 0 unspecified atom stereocenters. The standard InChI is InChI=1S/C20H11Cl2FN2OS/c21-15-5-3-6-16(22)19(15)25-20(26)12(11-24)10-13-8-9-18(27-13)14-4-1-2-7-17(14)23/h1-10H,(H,25,26)/b12-10+. The predicted molar refractivity (Wildman–Crippen MR) is 108 cm³/mol. The molecule has 27 heavy (non-hydrogen) atoms. The summed E-state index contributed by atoms with van der Waals surface area (Å²) >= 11 is 13.3. The van der Waals surface area contributed by atoms with Crippen molar-refractivity contribution in [1.82, 2.24) is 0 Å². The number of amides is 1. The van der Waals surface area contributed by atoms with Crippen molar-refractivity contribution < 1.29 is 9.18 Å². The summed E-state index contributed by atoms with van der Waals surface area (Å²) in [7, 11) is 0. The van der Waals surface area contributed by atoms with E-state index in [0.717, 1.165) is 0 Å². The van der Waals surface area contributed by atoms with Crippen LogP contribution in [0.4, 0.5) is 10.1 Å². The van der Waals surface area contributed by atoms with E-state index in [-0.39, 0.29) is 27.1 Å². The highest BCUT2D eigenvalue weighted by Crippen LogP contribution is 2.32. The summed E-state index contributed by atoms with van der Waals surface area (Å²) in [5, 5.41) is 12.4. The Morgan fingerprint density at radius 3 is 2.44 bits per heavy atom. The second kappa shape index (κ2) is 8.36. The molecule has 0 aliphatic rings. The van der Waals surface area contributed by atoms with Gasteiger partial charge >= 0.3 is 0 Å². The monoisotopic (exact) mass is 416 g/mol. The Balaban J connectivity index is 1.86. The highest BCUT2D eigenvalue weighted by atomic mass is 35.5. The third-order valence-corrected chi connectivity index (χ3v) is 5.31. The zero-order chi connectivity index (χ0) is 19.4. The number of hydrogen-bond donors (Lipinski definition) is 1. The number of hydrogen-bond acceptors (Lipinski definition) is 3. The Bertz CT molecular complexity index is 1070. The number of nitriles is 1.